The minimum absolute atomic E-state index is 0.0838. The van der Waals surface area contributed by atoms with Crippen molar-refractivity contribution in [1.29, 1.82) is 0 Å². The number of hydrogen-bond donors (Lipinski definition) is 2. The van der Waals surface area contributed by atoms with Gasteiger partial charge in [-0.1, -0.05) is 46.3 Å². The molecule has 1 aromatic heterocycles. The van der Waals surface area contributed by atoms with E-state index < -0.39 is 0 Å². The van der Waals surface area contributed by atoms with E-state index >= 15 is 0 Å². The van der Waals surface area contributed by atoms with Crippen LogP contribution in [0, 0.1) is 12.8 Å². The van der Waals surface area contributed by atoms with Crippen molar-refractivity contribution >= 4 is 38.4 Å². The fraction of sp³-hybridized carbons (Fsp3) is 0.211. The number of amides is 1. The van der Waals surface area contributed by atoms with Gasteiger partial charge in [0.2, 0.25) is 5.88 Å². The number of fused-ring (bicyclic) bond motifs is 1. The molecule has 1 aliphatic rings. The highest BCUT2D eigenvalue weighted by atomic mass is 79.9. The van der Waals surface area contributed by atoms with Crippen molar-refractivity contribution in [3.8, 4) is 5.88 Å². The van der Waals surface area contributed by atoms with Gasteiger partial charge in [-0.15, -0.1) is 10.2 Å². The maximum absolute atomic E-state index is 12.3. The summed E-state index contributed by atoms with van der Waals surface area (Å²) in [5.41, 5.74) is 3.22. The van der Waals surface area contributed by atoms with Gasteiger partial charge in [0.15, 0.2) is 5.69 Å². The average molecular weight is 398 g/mol. The van der Waals surface area contributed by atoms with Gasteiger partial charge in [-0.2, -0.15) is 0 Å². The predicted octanol–water partition coefficient (Wildman–Crippen LogP) is 5.36. The van der Waals surface area contributed by atoms with Crippen LogP contribution in [0.4, 0.5) is 5.69 Å². The number of aromatic nitrogens is 1. The largest absolute Gasteiger partial charge is 0.493 e. The molecule has 0 aliphatic heterocycles. The van der Waals surface area contributed by atoms with E-state index in [1.54, 1.807) is 0 Å². The van der Waals surface area contributed by atoms with Crippen LogP contribution >= 0.6 is 15.9 Å². The molecular formula is C19H16BrN3O2. The lowest BCUT2D eigenvalue weighted by Gasteiger charge is -1.98. The van der Waals surface area contributed by atoms with Crippen molar-refractivity contribution in [3.63, 3.8) is 0 Å². The molecular weight excluding hydrogens is 382 g/mol. The topological polar surface area (TPSA) is 77.8 Å². The summed E-state index contributed by atoms with van der Waals surface area (Å²) in [5, 5.41) is 18.7. The summed E-state index contributed by atoms with van der Waals surface area (Å²) >= 11 is 3.46. The second kappa shape index (κ2) is 6.11. The SMILES string of the molecule is Cc1cc2c(N=NC(=O)[C@@H]3C[C@H]3c3ccccc3)c(O)[nH]c2cc1Br. The Morgan fingerprint density at radius 1 is 1.28 bits per heavy atom. The highest BCUT2D eigenvalue weighted by Gasteiger charge is 2.44. The fourth-order valence-corrected chi connectivity index (χ4v) is 3.45. The number of H-pyrrole nitrogens is 1. The standard InChI is InChI=1S/C19H16BrN3O2/c1-10-7-14-16(9-15(10)20)21-19(25)17(14)22-23-18(24)13-8-12(13)11-5-3-2-4-6-11/h2-7,9,12-13,21,25H,8H2,1H3/t12-,13+/m0/s1. The van der Waals surface area contributed by atoms with E-state index in [9.17, 15) is 9.90 Å². The molecule has 5 nitrogen and oxygen atoms in total. The zero-order valence-electron chi connectivity index (χ0n) is 13.5. The molecule has 0 unspecified atom stereocenters. The summed E-state index contributed by atoms with van der Waals surface area (Å²) in [4.78, 5) is 15.2. The zero-order valence-corrected chi connectivity index (χ0v) is 15.1. The van der Waals surface area contributed by atoms with Gasteiger partial charge in [-0.25, -0.2) is 0 Å². The summed E-state index contributed by atoms with van der Waals surface area (Å²) in [7, 11) is 0. The third-order valence-electron chi connectivity index (χ3n) is 4.62. The molecule has 6 heteroatoms. The summed E-state index contributed by atoms with van der Waals surface area (Å²) < 4.78 is 0.935. The normalized spacial score (nSPS) is 19.6. The third-order valence-corrected chi connectivity index (χ3v) is 5.47. The molecule has 2 aromatic carbocycles. The van der Waals surface area contributed by atoms with E-state index in [-0.39, 0.29) is 23.6 Å². The number of halogens is 1. The van der Waals surface area contributed by atoms with Crippen molar-refractivity contribution in [2.75, 3.05) is 0 Å². The molecule has 0 radical (unpaired) electrons. The van der Waals surface area contributed by atoms with E-state index in [1.807, 2.05) is 49.4 Å². The Labute approximate surface area is 152 Å². The Morgan fingerprint density at radius 3 is 2.80 bits per heavy atom. The number of nitrogens with zero attached hydrogens (tertiary/aromatic N) is 2. The van der Waals surface area contributed by atoms with Gasteiger partial charge >= 0.3 is 0 Å². The summed E-state index contributed by atoms with van der Waals surface area (Å²) in [6, 6.07) is 13.7. The van der Waals surface area contributed by atoms with Gasteiger partial charge in [0, 0.05) is 15.8 Å². The summed E-state index contributed by atoms with van der Waals surface area (Å²) in [6.45, 7) is 1.95. The molecule has 0 spiro atoms. The van der Waals surface area contributed by atoms with E-state index in [2.05, 4.69) is 31.1 Å². The maximum atomic E-state index is 12.3. The molecule has 126 valence electrons. The van der Waals surface area contributed by atoms with Gasteiger partial charge in [-0.3, -0.25) is 4.79 Å². The predicted molar refractivity (Wildman–Crippen MR) is 99.2 cm³/mol. The van der Waals surface area contributed by atoms with Crippen LogP contribution < -0.4 is 0 Å². The molecule has 0 bridgehead atoms. The smallest absolute Gasteiger partial charge is 0.268 e. The Balaban J connectivity index is 1.56. The lowest BCUT2D eigenvalue weighted by Crippen LogP contribution is -1.96. The van der Waals surface area contributed by atoms with E-state index in [0.29, 0.717) is 5.69 Å². The first-order valence-electron chi connectivity index (χ1n) is 8.06. The fourth-order valence-electron chi connectivity index (χ4n) is 3.11. The maximum Gasteiger partial charge on any atom is 0.268 e. The number of benzene rings is 2. The molecule has 25 heavy (non-hydrogen) atoms. The van der Waals surface area contributed by atoms with E-state index in [4.69, 9.17) is 0 Å². The minimum Gasteiger partial charge on any atom is -0.493 e. The van der Waals surface area contributed by atoms with Crippen molar-refractivity contribution in [3.05, 3.63) is 58.1 Å². The number of aromatic amines is 1. The molecule has 1 aliphatic carbocycles. The number of hydrogen-bond acceptors (Lipinski definition) is 3. The van der Waals surface area contributed by atoms with Crippen LogP contribution in [0.5, 0.6) is 5.88 Å². The van der Waals surface area contributed by atoms with E-state index in [1.165, 1.54) is 0 Å². The molecule has 4 rings (SSSR count). The second-order valence-corrected chi connectivity index (χ2v) is 7.22. The number of azo groups is 1. The number of aryl methyl sites for hydroxylation is 1. The molecule has 0 saturated heterocycles. The van der Waals surface area contributed by atoms with Crippen molar-refractivity contribution in [1.82, 2.24) is 4.98 Å². The summed E-state index contributed by atoms with van der Waals surface area (Å²) in [6.07, 6.45) is 0.799. The van der Waals surface area contributed by atoms with Gasteiger partial charge in [-0.05, 0) is 42.5 Å². The summed E-state index contributed by atoms with van der Waals surface area (Å²) in [5.74, 6) is -0.215. The van der Waals surface area contributed by atoms with E-state index in [0.717, 1.165) is 32.9 Å². The molecule has 3 aromatic rings. The molecule has 1 saturated carbocycles. The van der Waals surface area contributed by atoms with Crippen LogP contribution in [-0.2, 0) is 4.79 Å². The quantitative estimate of drug-likeness (QED) is 0.583. The van der Waals surface area contributed by atoms with Crippen LogP contribution in [0.25, 0.3) is 10.9 Å². The van der Waals surface area contributed by atoms with Crippen molar-refractivity contribution in [2.45, 2.75) is 19.3 Å². The number of rotatable bonds is 3. The minimum atomic E-state index is -0.239. The van der Waals surface area contributed by atoms with Crippen LogP contribution in [0.3, 0.4) is 0 Å². The Morgan fingerprint density at radius 2 is 2.04 bits per heavy atom. The lowest BCUT2D eigenvalue weighted by atomic mass is 10.1. The molecule has 1 heterocycles. The Kier molecular flexibility index (Phi) is 3.92. The highest BCUT2D eigenvalue weighted by Crippen LogP contribution is 2.48. The van der Waals surface area contributed by atoms with Gasteiger partial charge in [0.05, 0.1) is 5.52 Å². The average Bonchev–Trinajstić information content (AvgIpc) is 3.35. The zero-order chi connectivity index (χ0) is 17.6. The van der Waals surface area contributed by atoms with Crippen LogP contribution in [0.15, 0.2) is 57.2 Å². The highest BCUT2D eigenvalue weighted by molar-refractivity contribution is 9.10. The molecule has 1 fully saturated rings. The molecule has 2 atom stereocenters. The number of carbonyl (C=O) groups excluding carboxylic acids is 1. The first kappa shape index (κ1) is 16.0. The first-order valence-corrected chi connectivity index (χ1v) is 8.85. The Hall–Kier alpha value is -2.47. The first-order chi connectivity index (χ1) is 12.0. The van der Waals surface area contributed by atoms with Crippen LogP contribution in [0.1, 0.15) is 23.5 Å². The third kappa shape index (κ3) is 2.98. The number of carbonyl (C=O) groups is 1. The monoisotopic (exact) mass is 397 g/mol. The van der Waals surface area contributed by atoms with Gasteiger partial charge < -0.3 is 10.1 Å². The number of aromatic hydroxyl groups is 1. The van der Waals surface area contributed by atoms with Crippen molar-refractivity contribution < 1.29 is 9.90 Å². The van der Waals surface area contributed by atoms with Gasteiger partial charge in [0.1, 0.15) is 0 Å². The molecule has 2 N–H and O–H groups in total. The van der Waals surface area contributed by atoms with Crippen molar-refractivity contribution in [2.24, 2.45) is 16.1 Å². The second-order valence-electron chi connectivity index (χ2n) is 6.37. The lowest BCUT2D eigenvalue weighted by molar-refractivity contribution is -0.119. The van der Waals surface area contributed by atoms with Gasteiger partial charge in [0.25, 0.3) is 5.91 Å². The number of nitrogens with one attached hydrogen (secondary N) is 1. The Bertz CT molecular complexity index is 995. The molecule has 1 amide bonds. The van der Waals surface area contributed by atoms with Crippen LogP contribution in [0.2, 0.25) is 0 Å². The van der Waals surface area contributed by atoms with Crippen LogP contribution in [-0.4, -0.2) is 16.0 Å².